The topological polar surface area (TPSA) is 0 Å². The van der Waals surface area contributed by atoms with Gasteiger partial charge in [-0.2, -0.15) is 0 Å². The van der Waals surface area contributed by atoms with Crippen LogP contribution in [0.15, 0.2) is 28.7 Å². The molecular formula is C10H9BrClF. The van der Waals surface area contributed by atoms with E-state index in [0.717, 1.165) is 16.5 Å². The lowest BCUT2D eigenvalue weighted by atomic mass is 10.2. The molecule has 1 aromatic carbocycles. The molecule has 0 bridgehead atoms. The zero-order valence-electron chi connectivity index (χ0n) is 6.93. The van der Waals surface area contributed by atoms with Crippen molar-refractivity contribution in [3.05, 3.63) is 40.1 Å². The number of hydrogen-bond acceptors (Lipinski definition) is 0. The largest absolute Gasteiger partial charge is 0.207 e. The molecule has 0 aliphatic rings. The van der Waals surface area contributed by atoms with Gasteiger partial charge in [-0.1, -0.05) is 28.1 Å². The van der Waals surface area contributed by atoms with Crippen LogP contribution in [0.5, 0.6) is 0 Å². The molecular weight excluding hydrogens is 254 g/mol. The van der Waals surface area contributed by atoms with Gasteiger partial charge in [0.25, 0.3) is 0 Å². The first-order valence-corrected chi connectivity index (χ1v) is 5.24. The Hall–Kier alpha value is -0.340. The van der Waals surface area contributed by atoms with Crippen LogP contribution in [-0.2, 0) is 0 Å². The highest BCUT2D eigenvalue weighted by atomic mass is 79.9. The summed E-state index contributed by atoms with van der Waals surface area (Å²) in [6.45, 7) is 0. The highest BCUT2D eigenvalue weighted by molar-refractivity contribution is 9.10. The molecule has 0 atom stereocenters. The Kier molecular flexibility index (Phi) is 4.46. The van der Waals surface area contributed by atoms with E-state index in [1.807, 2.05) is 18.2 Å². The summed E-state index contributed by atoms with van der Waals surface area (Å²) in [5.74, 6) is 0.354. The summed E-state index contributed by atoms with van der Waals surface area (Å²) in [6, 6.07) is 4.77. The van der Waals surface area contributed by atoms with Crippen molar-refractivity contribution in [2.75, 3.05) is 5.88 Å². The molecule has 0 spiro atoms. The van der Waals surface area contributed by atoms with E-state index < -0.39 is 0 Å². The lowest BCUT2D eigenvalue weighted by Crippen LogP contribution is -1.78. The lowest BCUT2D eigenvalue weighted by Gasteiger charge is -1.95. The van der Waals surface area contributed by atoms with Gasteiger partial charge < -0.3 is 0 Å². The van der Waals surface area contributed by atoms with Crippen molar-refractivity contribution in [2.24, 2.45) is 0 Å². The lowest BCUT2D eigenvalue weighted by molar-refractivity contribution is 0.626. The van der Waals surface area contributed by atoms with Gasteiger partial charge in [-0.25, -0.2) is 4.39 Å². The summed E-state index contributed by atoms with van der Waals surface area (Å²) >= 11 is 8.72. The number of hydrogen-bond donors (Lipinski definition) is 0. The molecule has 0 heterocycles. The van der Waals surface area contributed by atoms with Gasteiger partial charge in [0.15, 0.2) is 0 Å². The summed E-state index contributed by atoms with van der Waals surface area (Å²) in [7, 11) is 0. The van der Waals surface area contributed by atoms with Gasteiger partial charge in [0.05, 0.1) is 0 Å². The van der Waals surface area contributed by atoms with Gasteiger partial charge in [-0.15, -0.1) is 11.6 Å². The van der Waals surface area contributed by atoms with Crippen molar-refractivity contribution < 1.29 is 4.39 Å². The van der Waals surface area contributed by atoms with Crippen LogP contribution in [0, 0.1) is 5.82 Å². The molecule has 13 heavy (non-hydrogen) atoms. The molecule has 0 aromatic heterocycles. The van der Waals surface area contributed by atoms with Crippen LogP contribution in [0.3, 0.4) is 0 Å². The Morgan fingerprint density at radius 1 is 1.38 bits per heavy atom. The molecule has 0 unspecified atom stereocenters. The first kappa shape index (κ1) is 10.7. The molecule has 1 rings (SSSR count). The molecule has 0 N–H and O–H groups in total. The molecule has 70 valence electrons. The second-order valence-corrected chi connectivity index (χ2v) is 3.88. The standard InChI is InChI=1S/C10H9BrClF/c11-9-5-8(3-1-2-4-12)6-10(13)7-9/h1,3,5-7H,2,4H2. The number of halogens is 3. The summed E-state index contributed by atoms with van der Waals surface area (Å²) < 4.78 is 13.6. The van der Waals surface area contributed by atoms with Crippen LogP contribution in [0.2, 0.25) is 0 Å². The fourth-order valence-corrected chi connectivity index (χ4v) is 1.56. The van der Waals surface area contributed by atoms with E-state index in [2.05, 4.69) is 15.9 Å². The number of alkyl halides is 1. The minimum absolute atomic E-state index is 0.236. The molecule has 0 nitrogen and oxygen atoms in total. The minimum Gasteiger partial charge on any atom is -0.207 e. The molecule has 0 aliphatic heterocycles. The van der Waals surface area contributed by atoms with Gasteiger partial charge in [-0.3, -0.25) is 0 Å². The van der Waals surface area contributed by atoms with Crippen molar-refractivity contribution in [2.45, 2.75) is 6.42 Å². The first-order chi connectivity index (χ1) is 6.22. The molecule has 1 aromatic rings. The fraction of sp³-hybridized carbons (Fsp3) is 0.200. The Morgan fingerprint density at radius 3 is 2.77 bits per heavy atom. The maximum Gasteiger partial charge on any atom is 0.124 e. The second-order valence-electron chi connectivity index (χ2n) is 2.58. The smallest absolute Gasteiger partial charge is 0.124 e. The van der Waals surface area contributed by atoms with Crippen molar-refractivity contribution in [1.82, 2.24) is 0 Å². The third kappa shape index (κ3) is 3.92. The Labute approximate surface area is 90.5 Å². The quantitative estimate of drug-likeness (QED) is 0.716. The van der Waals surface area contributed by atoms with E-state index in [9.17, 15) is 4.39 Å². The minimum atomic E-state index is -0.236. The van der Waals surface area contributed by atoms with Crippen LogP contribution >= 0.6 is 27.5 Å². The molecule has 0 aliphatic carbocycles. The van der Waals surface area contributed by atoms with E-state index >= 15 is 0 Å². The van der Waals surface area contributed by atoms with Crippen LogP contribution in [-0.4, -0.2) is 5.88 Å². The number of allylic oxidation sites excluding steroid dienone is 1. The summed E-state index contributed by atoms with van der Waals surface area (Å²) in [5.41, 5.74) is 0.844. The van der Waals surface area contributed by atoms with E-state index in [1.165, 1.54) is 12.1 Å². The Morgan fingerprint density at radius 2 is 2.15 bits per heavy atom. The van der Waals surface area contributed by atoms with Gasteiger partial charge in [-0.05, 0) is 30.2 Å². The Bertz CT molecular complexity index is 290. The second kappa shape index (κ2) is 5.40. The zero-order valence-corrected chi connectivity index (χ0v) is 9.28. The molecule has 0 fully saturated rings. The molecule has 0 amide bonds. The summed E-state index contributed by atoms with van der Waals surface area (Å²) in [6.07, 6.45) is 4.58. The van der Waals surface area contributed by atoms with Gasteiger partial charge >= 0.3 is 0 Å². The molecule has 0 saturated carbocycles. The normalized spacial score (nSPS) is 11.0. The summed E-state index contributed by atoms with van der Waals surface area (Å²) in [4.78, 5) is 0. The predicted octanol–water partition coefficient (Wildman–Crippen LogP) is 4.23. The monoisotopic (exact) mass is 262 g/mol. The van der Waals surface area contributed by atoms with Gasteiger partial charge in [0.2, 0.25) is 0 Å². The average Bonchev–Trinajstić information content (AvgIpc) is 2.03. The number of benzene rings is 1. The third-order valence-electron chi connectivity index (χ3n) is 1.47. The van der Waals surface area contributed by atoms with Gasteiger partial charge in [0, 0.05) is 10.4 Å². The van der Waals surface area contributed by atoms with E-state index in [4.69, 9.17) is 11.6 Å². The fourth-order valence-electron chi connectivity index (χ4n) is 0.954. The van der Waals surface area contributed by atoms with Crippen molar-refractivity contribution in [3.63, 3.8) is 0 Å². The zero-order chi connectivity index (χ0) is 9.68. The first-order valence-electron chi connectivity index (χ1n) is 3.91. The molecule has 0 radical (unpaired) electrons. The maximum absolute atomic E-state index is 12.8. The van der Waals surface area contributed by atoms with Gasteiger partial charge in [0.1, 0.15) is 5.82 Å². The van der Waals surface area contributed by atoms with Crippen molar-refractivity contribution >= 4 is 33.6 Å². The predicted molar refractivity (Wildman–Crippen MR) is 58.5 cm³/mol. The average molecular weight is 264 g/mol. The number of rotatable bonds is 3. The maximum atomic E-state index is 12.8. The van der Waals surface area contributed by atoms with Crippen molar-refractivity contribution in [3.8, 4) is 0 Å². The van der Waals surface area contributed by atoms with E-state index in [0.29, 0.717) is 5.88 Å². The van der Waals surface area contributed by atoms with Crippen LogP contribution in [0.4, 0.5) is 4.39 Å². The molecule has 0 saturated heterocycles. The van der Waals surface area contributed by atoms with Crippen molar-refractivity contribution in [1.29, 1.82) is 0 Å². The summed E-state index contributed by atoms with van der Waals surface area (Å²) in [5, 5.41) is 0. The van der Waals surface area contributed by atoms with E-state index in [1.54, 1.807) is 0 Å². The molecule has 3 heteroatoms. The van der Waals surface area contributed by atoms with Crippen LogP contribution in [0.25, 0.3) is 6.08 Å². The highest BCUT2D eigenvalue weighted by Crippen LogP contribution is 2.15. The van der Waals surface area contributed by atoms with Crippen LogP contribution < -0.4 is 0 Å². The highest BCUT2D eigenvalue weighted by Gasteiger charge is 1.94. The third-order valence-corrected chi connectivity index (χ3v) is 2.15. The Balaban J connectivity index is 2.77. The van der Waals surface area contributed by atoms with E-state index in [-0.39, 0.29) is 5.82 Å². The van der Waals surface area contributed by atoms with Crippen LogP contribution in [0.1, 0.15) is 12.0 Å². The SMILES string of the molecule is Fc1cc(Br)cc(C=CCCCl)c1.